The molecule has 1 aromatic rings. The molecule has 0 atom stereocenters. The van der Waals surface area contributed by atoms with Crippen molar-refractivity contribution < 1.29 is 10.2 Å². The molecule has 2 heteroatoms. The van der Waals surface area contributed by atoms with Crippen molar-refractivity contribution in [2.75, 3.05) is 13.2 Å². The highest BCUT2D eigenvalue weighted by atomic mass is 16.3. The number of aliphatic hydroxyl groups excluding tert-OH is 2. The van der Waals surface area contributed by atoms with Gasteiger partial charge < -0.3 is 10.2 Å². The third-order valence-corrected chi connectivity index (χ3v) is 3.06. The molecule has 0 aromatic heterocycles. The van der Waals surface area contributed by atoms with Gasteiger partial charge in [-0.3, -0.25) is 0 Å². The molecule has 0 unspecified atom stereocenters. The highest BCUT2D eigenvalue weighted by Crippen LogP contribution is 2.35. The summed E-state index contributed by atoms with van der Waals surface area (Å²) in [4.78, 5) is 0. The SMILES string of the molecule is OCC1(CO)C=CC=C(c2ccccc2)C1. The second-order valence-corrected chi connectivity index (χ2v) is 4.27. The zero-order valence-electron chi connectivity index (χ0n) is 9.13. The molecule has 0 saturated carbocycles. The lowest BCUT2D eigenvalue weighted by Crippen LogP contribution is -2.29. The fraction of sp³-hybridized carbons (Fsp3) is 0.286. The predicted molar refractivity (Wildman–Crippen MR) is 64.8 cm³/mol. The van der Waals surface area contributed by atoms with Gasteiger partial charge >= 0.3 is 0 Å². The number of benzene rings is 1. The second-order valence-electron chi connectivity index (χ2n) is 4.27. The lowest BCUT2D eigenvalue weighted by Gasteiger charge is -2.29. The van der Waals surface area contributed by atoms with Gasteiger partial charge in [0.15, 0.2) is 0 Å². The quantitative estimate of drug-likeness (QED) is 0.811. The second kappa shape index (κ2) is 4.64. The summed E-state index contributed by atoms with van der Waals surface area (Å²) in [5, 5.41) is 18.7. The van der Waals surface area contributed by atoms with Gasteiger partial charge in [-0.15, -0.1) is 0 Å². The molecule has 0 heterocycles. The molecule has 0 bridgehead atoms. The first-order chi connectivity index (χ1) is 7.79. The fourth-order valence-corrected chi connectivity index (χ4v) is 1.98. The summed E-state index contributed by atoms with van der Waals surface area (Å²) in [5.41, 5.74) is 1.81. The number of allylic oxidation sites excluding steroid dienone is 3. The van der Waals surface area contributed by atoms with Crippen molar-refractivity contribution in [3.8, 4) is 0 Å². The lowest BCUT2D eigenvalue weighted by atomic mass is 9.78. The lowest BCUT2D eigenvalue weighted by molar-refractivity contribution is 0.0968. The topological polar surface area (TPSA) is 40.5 Å². The summed E-state index contributed by atoms with van der Waals surface area (Å²) in [6.07, 6.45) is 6.52. The maximum absolute atomic E-state index is 9.37. The highest BCUT2D eigenvalue weighted by Gasteiger charge is 2.28. The average Bonchev–Trinajstić information content (AvgIpc) is 2.40. The molecule has 0 fully saturated rings. The van der Waals surface area contributed by atoms with Gasteiger partial charge in [0.2, 0.25) is 0 Å². The van der Waals surface area contributed by atoms with Crippen LogP contribution in [0.3, 0.4) is 0 Å². The average molecular weight is 216 g/mol. The number of hydrogen-bond donors (Lipinski definition) is 2. The van der Waals surface area contributed by atoms with E-state index in [9.17, 15) is 10.2 Å². The van der Waals surface area contributed by atoms with Crippen molar-refractivity contribution in [1.29, 1.82) is 0 Å². The molecule has 2 N–H and O–H groups in total. The summed E-state index contributed by atoms with van der Waals surface area (Å²) < 4.78 is 0. The van der Waals surface area contributed by atoms with Crippen LogP contribution in [-0.2, 0) is 0 Å². The summed E-state index contributed by atoms with van der Waals surface area (Å²) in [6.45, 7) is -0.0473. The van der Waals surface area contributed by atoms with Gasteiger partial charge in [0.05, 0.1) is 13.2 Å². The van der Waals surface area contributed by atoms with Gasteiger partial charge in [-0.2, -0.15) is 0 Å². The van der Waals surface area contributed by atoms with Crippen LogP contribution in [0, 0.1) is 5.41 Å². The Morgan fingerprint density at radius 2 is 1.75 bits per heavy atom. The minimum absolute atomic E-state index is 0.0236. The molecule has 1 aromatic carbocycles. The summed E-state index contributed by atoms with van der Waals surface area (Å²) in [7, 11) is 0. The van der Waals surface area contributed by atoms with Crippen LogP contribution in [0.25, 0.3) is 5.57 Å². The molecular weight excluding hydrogens is 200 g/mol. The Bertz CT molecular complexity index is 400. The van der Waals surface area contributed by atoms with Crippen LogP contribution in [0.1, 0.15) is 12.0 Å². The smallest absolute Gasteiger partial charge is 0.0547 e. The monoisotopic (exact) mass is 216 g/mol. The third kappa shape index (κ3) is 2.08. The first-order valence-electron chi connectivity index (χ1n) is 5.45. The van der Waals surface area contributed by atoms with E-state index in [1.165, 1.54) is 0 Å². The molecule has 16 heavy (non-hydrogen) atoms. The van der Waals surface area contributed by atoms with Gasteiger partial charge in [-0.05, 0) is 17.6 Å². The van der Waals surface area contributed by atoms with Crippen molar-refractivity contribution in [3.63, 3.8) is 0 Å². The molecule has 0 amide bonds. The predicted octanol–water partition coefficient (Wildman–Crippen LogP) is 2.00. The Kier molecular flexibility index (Phi) is 3.22. The number of aliphatic hydroxyl groups is 2. The minimum atomic E-state index is -0.500. The third-order valence-electron chi connectivity index (χ3n) is 3.06. The van der Waals surface area contributed by atoms with Crippen LogP contribution in [-0.4, -0.2) is 23.4 Å². The molecular formula is C14H16O2. The van der Waals surface area contributed by atoms with Crippen molar-refractivity contribution in [1.82, 2.24) is 0 Å². The maximum Gasteiger partial charge on any atom is 0.0547 e. The zero-order valence-corrected chi connectivity index (χ0v) is 9.13. The highest BCUT2D eigenvalue weighted by molar-refractivity contribution is 5.69. The van der Waals surface area contributed by atoms with Crippen LogP contribution < -0.4 is 0 Å². The molecule has 2 nitrogen and oxygen atoms in total. The molecule has 0 saturated heterocycles. The van der Waals surface area contributed by atoms with E-state index in [4.69, 9.17) is 0 Å². The maximum atomic E-state index is 9.37. The van der Waals surface area contributed by atoms with E-state index < -0.39 is 5.41 Å². The number of rotatable bonds is 3. The van der Waals surface area contributed by atoms with E-state index in [-0.39, 0.29) is 13.2 Å². The van der Waals surface area contributed by atoms with E-state index >= 15 is 0 Å². The van der Waals surface area contributed by atoms with Gasteiger partial charge in [0.1, 0.15) is 0 Å². The molecule has 1 aliphatic carbocycles. The molecule has 1 aliphatic rings. The number of hydrogen-bond acceptors (Lipinski definition) is 2. The Morgan fingerprint density at radius 1 is 1.06 bits per heavy atom. The first kappa shape index (κ1) is 11.1. The molecule has 84 valence electrons. The Labute approximate surface area is 95.6 Å². The molecule has 2 rings (SSSR count). The van der Waals surface area contributed by atoms with E-state index in [1.807, 2.05) is 48.6 Å². The van der Waals surface area contributed by atoms with Gasteiger partial charge in [0.25, 0.3) is 0 Å². The van der Waals surface area contributed by atoms with Crippen LogP contribution in [0.5, 0.6) is 0 Å². The Balaban J connectivity index is 2.26. The van der Waals surface area contributed by atoms with Crippen molar-refractivity contribution >= 4 is 5.57 Å². The minimum Gasteiger partial charge on any atom is -0.395 e. The summed E-state index contributed by atoms with van der Waals surface area (Å²) in [5.74, 6) is 0. The Hall–Kier alpha value is -1.38. The van der Waals surface area contributed by atoms with Gasteiger partial charge in [-0.25, -0.2) is 0 Å². The Morgan fingerprint density at radius 3 is 2.38 bits per heavy atom. The van der Waals surface area contributed by atoms with Crippen LogP contribution in [0.4, 0.5) is 0 Å². The van der Waals surface area contributed by atoms with Crippen LogP contribution in [0.2, 0.25) is 0 Å². The van der Waals surface area contributed by atoms with E-state index in [0.29, 0.717) is 6.42 Å². The molecule has 0 spiro atoms. The first-order valence-corrected chi connectivity index (χ1v) is 5.45. The van der Waals surface area contributed by atoms with Gasteiger partial charge in [0, 0.05) is 5.41 Å². The van der Waals surface area contributed by atoms with E-state index in [1.54, 1.807) is 0 Å². The van der Waals surface area contributed by atoms with E-state index in [2.05, 4.69) is 0 Å². The van der Waals surface area contributed by atoms with Gasteiger partial charge in [-0.1, -0.05) is 48.6 Å². The normalized spacial score (nSPS) is 18.2. The van der Waals surface area contributed by atoms with Crippen molar-refractivity contribution in [2.24, 2.45) is 5.41 Å². The van der Waals surface area contributed by atoms with Crippen LogP contribution >= 0.6 is 0 Å². The van der Waals surface area contributed by atoms with Crippen molar-refractivity contribution in [3.05, 3.63) is 54.1 Å². The summed E-state index contributed by atoms with van der Waals surface area (Å²) in [6, 6.07) is 10.1. The summed E-state index contributed by atoms with van der Waals surface area (Å²) >= 11 is 0. The van der Waals surface area contributed by atoms with Crippen LogP contribution in [0.15, 0.2) is 48.6 Å². The largest absolute Gasteiger partial charge is 0.395 e. The molecule has 0 radical (unpaired) electrons. The fourth-order valence-electron chi connectivity index (χ4n) is 1.98. The zero-order chi connectivity index (χ0) is 11.4. The van der Waals surface area contributed by atoms with E-state index in [0.717, 1.165) is 11.1 Å². The van der Waals surface area contributed by atoms with Crippen molar-refractivity contribution in [2.45, 2.75) is 6.42 Å². The standard InChI is InChI=1S/C14H16O2/c15-10-14(11-16)8-4-7-13(9-14)12-5-2-1-3-6-12/h1-8,15-16H,9-11H2. The molecule has 0 aliphatic heterocycles.